The maximum atomic E-state index is 10.8. The molecular formula is C13H12O2S. The highest BCUT2D eigenvalue weighted by molar-refractivity contribution is 7.08. The summed E-state index contributed by atoms with van der Waals surface area (Å²) in [6, 6.07) is 7.51. The number of carbonyl (C=O) groups is 1. The monoisotopic (exact) mass is 232 g/mol. The standard InChI is InChI=1S/C13H12O2S/c1-2-15-13-4-3-10(8-14)7-12(13)11-5-6-16-9-11/h3-9H,2H2,1H3. The van der Waals surface area contributed by atoms with Gasteiger partial charge in [-0.25, -0.2) is 0 Å². The van der Waals surface area contributed by atoms with E-state index >= 15 is 0 Å². The molecule has 0 aliphatic rings. The van der Waals surface area contributed by atoms with Gasteiger partial charge in [0.25, 0.3) is 0 Å². The normalized spacial score (nSPS) is 10.1. The second-order valence-corrected chi connectivity index (χ2v) is 4.10. The zero-order valence-corrected chi connectivity index (χ0v) is 9.79. The van der Waals surface area contributed by atoms with E-state index in [1.54, 1.807) is 17.4 Å². The Bertz CT molecular complexity index is 475. The topological polar surface area (TPSA) is 26.3 Å². The molecule has 0 fully saturated rings. The van der Waals surface area contributed by atoms with Crippen molar-refractivity contribution >= 4 is 17.6 Å². The summed E-state index contributed by atoms with van der Waals surface area (Å²) in [5.74, 6) is 0.825. The minimum atomic E-state index is 0.623. The van der Waals surface area contributed by atoms with Crippen LogP contribution in [0.2, 0.25) is 0 Å². The lowest BCUT2D eigenvalue weighted by molar-refractivity contribution is 0.112. The smallest absolute Gasteiger partial charge is 0.150 e. The van der Waals surface area contributed by atoms with E-state index in [2.05, 4.69) is 0 Å². The van der Waals surface area contributed by atoms with E-state index in [0.29, 0.717) is 12.2 Å². The lowest BCUT2D eigenvalue weighted by atomic mass is 10.1. The molecule has 0 aliphatic heterocycles. The first-order valence-corrected chi connectivity index (χ1v) is 6.04. The van der Waals surface area contributed by atoms with Crippen LogP contribution in [0.3, 0.4) is 0 Å². The van der Waals surface area contributed by atoms with Crippen molar-refractivity contribution in [1.29, 1.82) is 0 Å². The van der Waals surface area contributed by atoms with Gasteiger partial charge in [-0.1, -0.05) is 0 Å². The fraction of sp³-hybridized carbons (Fsp3) is 0.154. The molecule has 1 aromatic carbocycles. The Morgan fingerprint density at radius 3 is 2.88 bits per heavy atom. The second kappa shape index (κ2) is 4.94. The van der Waals surface area contributed by atoms with Crippen LogP contribution in [0.1, 0.15) is 17.3 Å². The van der Waals surface area contributed by atoms with Gasteiger partial charge in [-0.15, -0.1) is 0 Å². The van der Waals surface area contributed by atoms with E-state index < -0.39 is 0 Å². The SMILES string of the molecule is CCOc1ccc(C=O)cc1-c1ccsc1. The van der Waals surface area contributed by atoms with E-state index in [0.717, 1.165) is 23.2 Å². The Balaban J connectivity index is 2.50. The zero-order chi connectivity index (χ0) is 11.4. The van der Waals surface area contributed by atoms with Crippen molar-refractivity contribution in [1.82, 2.24) is 0 Å². The number of hydrogen-bond acceptors (Lipinski definition) is 3. The minimum Gasteiger partial charge on any atom is -0.493 e. The van der Waals surface area contributed by atoms with Crippen molar-refractivity contribution in [3.05, 3.63) is 40.6 Å². The number of benzene rings is 1. The van der Waals surface area contributed by atoms with Gasteiger partial charge in [0, 0.05) is 11.1 Å². The Hall–Kier alpha value is -1.61. The average Bonchev–Trinajstić information content (AvgIpc) is 2.83. The number of thiophene rings is 1. The molecule has 0 aliphatic carbocycles. The van der Waals surface area contributed by atoms with Crippen LogP contribution in [0.5, 0.6) is 5.75 Å². The lowest BCUT2D eigenvalue weighted by Gasteiger charge is -2.09. The number of carbonyl (C=O) groups excluding carboxylic acids is 1. The Labute approximate surface area is 98.5 Å². The molecule has 2 rings (SSSR count). The maximum absolute atomic E-state index is 10.8. The summed E-state index contributed by atoms with van der Waals surface area (Å²) < 4.78 is 5.55. The van der Waals surface area contributed by atoms with Crippen molar-refractivity contribution in [2.24, 2.45) is 0 Å². The van der Waals surface area contributed by atoms with E-state index in [1.807, 2.05) is 35.9 Å². The van der Waals surface area contributed by atoms with Gasteiger partial charge >= 0.3 is 0 Å². The van der Waals surface area contributed by atoms with Crippen molar-refractivity contribution in [3.63, 3.8) is 0 Å². The van der Waals surface area contributed by atoms with Crippen molar-refractivity contribution in [3.8, 4) is 16.9 Å². The fourth-order valence-corrected chi connectivity index (χ4v) is 2.20. The third-order valence-corrected chi connectivity index (χ3v) is 2.95. The number of aldehydes is 1. The van der Waals surface area contributed by atoms with Gasteiger partial charge in [0.2, 0.25) is 0 Å². The highest BCUT2D eigenvalue weighted by Crippen LogP contribution is 2.32. The van der Waals surface area contributed by atoms with Gasteiger partial charge in [-0.3, -0.25) is 4.79 Å². The third kappa shape index (κ3) is 2.14. The molecule has 1 heterocycles. The summed E-state index contributed by atoms with van der Waals surface area (Å²) in [6.45, 7) is 2.57. The van der Waals surface area contributed by atoms with Gasteiger partial charge in [0.1, 0.15) is 12.0 Å². The summed E-state index contributed by atoms with van der Waals surface area (Å²) in [6.07, 6.45) is 0.853. The van der Waals surface area contributed by atoms with Crippen molar-refractivity contribution in [2.75, 3.05) is 6.61 Å². The Morgan fingerprint density at radius 1 is 1.38 bits per heavy atom. The number of hydrogen-bond donors (Lipinski definition) is 0. The van der Waals surface area contributed by atoms with Gasteiger partial charge in [0.15, 0.2) is 0 Å². The van der Waals surface area contributed by atoms with Gasteiger partial charge in [-0.05, 0) is 47.5 Å². The highest BCUT2D eigenvalue weighted by Gasteiger charge is 2.07. The molecule has 0 saturated heterocycles. The molecule has 3 heteroatoms. The summed E-state index contributed by atoms with van der Waals surface area (Å²) in [5.41, 5.74) is 2.74. The van der Waals surface area contributed by atoms with Gasteiger partial charge in [-0.2, -0.15) is 11.3 Å². The molecule has 82 valence electrons. The molecule has 0 spiro atoms. The molecule has 0 atom stereocenters. The summed E-state index contributed by atoms with van der Waals surface area (Å²) in [4.78, 5) is 10.8. The Morgan fingerprint density at radius 2 is 2.25 bits per heavy atom. The van der Waals surface area contributed by atoms with Crippen LogP contribution in [0, 0.1) is 0 Å². The molecule has 16 heavy (non-hydrogen) atoms. The first-order chi connectivity index (χ1) is 7.85. The van der Waals surface area contributed by atoms with E-state index in [-0.39, 0.29) is 0 Å². The predicted octanol–water partition coefficient (Wildman–Crippen LogP) is 3.63. The third-order valence-electron chi connectivity index (χ3n) is 2.27. The van der Waals surface area contributed by atoms with Crippen LogP contribution in [-0.4, -0.2) is 12.9 Å². The van der Waals surface area contributed by atoms with Crippen LogP contribution in [0.15, 0.2) is 35.0 Å². The van der Waals surface area contributed by atoms with E-state index in [9.17, 15) is 4.79 Å². The van der Waals surface area contributed by atoms with Gasteiger partial charge < -0.3 is 4.74 Å². The quantitative estimate of drug-likeness (QED) is 0.752. The molecule has 2 nitrogen and oxygen atoms in total. The van der Waals surface area contributed by atoms with E-state index in [1.165, 1.54) is 0 Å². The number of ether oxygens (including phenoxy) is 1. The maximum Gasteiger partial charge on any atom is 0.150 e. The van der Waals surface area contributed by atoms with E-state index in [4.69, 9.17) is 4.74 Å². The molecular weight excluding hydrogens is 220 g/mol. The summed E-state index contributed by atoms with van der Waals surface area (Å²) in [5, 5.41) is 4.06. The summed E-state index contributed by atoms with van der Waals surface area (Å²) >= 11 is 1.63. The molecule has 0 bridgehead atoms. The fourth-order valence-electron chi connectivity index (χ4n) is 1.55. The van der Waals surface area contributed by atoms with Crippen molar-refractivity contribution in [2.45, 2.75) is 6.92 Å². The van der Waals surface area contributed by atoms with Gasteiger partial charge in [0.05, 0.1) is 6.61 Å². The molecule has 0 radical (unpaired) electrons. The van der Waals surface area contributed by atoms with Crippen LogP contribution in [-0.2, 0) is 0 Å². The average molecular weight is 232 g/mol. The van der Waals surface area contributed by atoms with Crippen LogP contribution >= 0.6 is 11.3 Å². The predicted molar refractivity (Wildman–Crippen MR) is 66.3 cm³/mol. The first-order valence-electron chi connectivity index (χ1n) is 5.09. The van der Waals surface area contributed by atoms with Crippen LogP contribution < -0.4 is 4.74 Å². The molecule has 0 saturated carbocycles. The van der Waals surface area contributed by atoms with Crippen LogP contribution in [0.25, 0.3) is 11.1 Å². The molecule has 1 aromatic heterocycles. The molecule has 0 N–H and O–H groups in total. The first kappa shape index (κ1) is 10.9. The largest absolute Gasteiger partial charge is 0.493 e. The minimum absolute atomic E-state index is 0.623. The Kier molecular flexibility index (Phi) is 3.37. The molecule has 0 unspecified atom stereocenters. The zero-order valence-electron chi connectivity index (χ0n) is 8.97. The second-order valence-electron chi connectivity index (χ2n) is 3.32. The summed E-state index contributed by atoms with van der Waals surface area (Å²) in [7, 11) is 0. The molecule has 2 aromatic rings. The molecule has 0 amide bonds. The number of rotatable bonds is 4. The van der Waals surface area contributed by atoms with Crippen LogP contribution in [0.4, 0.5) is 0 Å². The lowest BCUT2D eigenvalue weighted by Crippen LogP contribution is -1.94. The van der Waals surface area contributed by atoms with Crippen molar-refractivity contribution < 1.29 is 9.53 Å². The highest BCUT2D eigenvalue weighted by atomic mass is 32.1.